The predicted octanol–water partition coefficient (Wildman–Crippen LogP) is 3.12. The highest BCUT2D eigenvalue weighted by Gasteiger charge is 2.08. The number of anilines is 1. The molecule has 0 saturated carbocycles. The van der Waals surface area contributed by atoms with Gasteiger partial charge in [-0.15, -0.1) is 0 Å². The lowest BCUT2D eigenvalue weighted by Gasteiger charge is -2.23. The molecule has 0 fully saturated rings. The van der Waals surface area contributed by atoms with Crippen molar-refractivity contribution in [3.63, 3.8) is 0 Å². The van der Waals surface area contributed by atoms with E-state index in [4.69, 9.17) is 0 Å². The van der Waals surface area contributed by atoms with E-state index in [0.29, 0.717) is 0 Å². The molecule has 2 rings (SSSR count). The standard InChI is InChI=1S/C15H19N3/c1-4-18(15-9-13(3)16-11-17-15)10-14-8-6-5-7-12(14)2/h5-9,11H,4,10H2,1-3H3. The third-order valence-electron chi connectivity index (χ3n) is 3.12. The first-order valence-corrected chi connectivity index (χ1v) is 6.29. The van der Waals surface area contributed by atoms with Crippen LogP contribution >= 0.6 is 0 Å². The van der Waals surface area contributed by atoms with E-state index in [1.165, 1.54) is 11.1 Å². The molecule has 1 heterocycles. The lowest BCUT2D eigenvalue weighted by Crippen LogP contribution is -2.23. The number of rotatable bonds is 4. The Hall–Kier alpha value is -1.90. The van der Waals surface area contributed by atoms with Gasteiger partial charge in [0.15, 0.2) is 0 Å². The molecule has 0 bridgehead atoms. The van der Waals surface area contributed by atoms with Crippen LogP contribution in [-0.2, 0) is 6.54 Å². The van der Waals surface area contributed by atoms with Gasteiger partial charge in [0, 0.05) is 24.8 Å². The highest BCUT2D eigenvalue weighted by atomic mass is 15.2. The van der Waals surface area contributed by atoms with Gasteiger partial charge in [0.05, 0.1) is 0 Å². The summed E-state index contributed by atoms with van der Waals surface area (Å²) in [5, 5.41) is 0. The molecule has 0 radical (unpaired) electrons. The Balaban J connectivity index is 2.23. The van der Waals surface area contributed by atoms with E-state index in [1.54, 1.807) is 6.33 Å². The van der Waals surface area contributed by atoms with Crippen molar-refractivity contribution in [3.8, 4) is 0 Å². The zero-order valence-corrected chi connectivity index (χ0v) is 11.2. The number of hydrogen-bond acceptors (Lipinski definition) is 3. The van der Waals surface area contributed by atoms with Gasteiger partial charge in [-0.2, -0.15) is 0 Å². The molecule has 2 aromatic rings. The van der Waals surface area contributed by atoms with E-state index in [9.17, 15) is 0 Å². The molecule has 0 atom stereocenters. The van der Waals surface area contributed by atoms with Crippen LogP contribution in [0.15, 0.2) is 36.7 Å². The summed E-state index contributed by atoms with van der Waals surface area (Å²) in [6.45, 7) is 8.11. The summed E-state index contributed by atoms with van der Waals surface area (Å²) < 4.78 is 0. The molecule has 0 N–H and O–H groups in total. The number of hydrogen-bond donors (Lipinski definition) is 0. The van der Waals surface area contributed by atoms with E-state index >= 15 is 0 Å². The Bertz CT molecular complexity index is 523. The van der Waals surface area contributed by atoms with Crippen LogP contribution in [0, 0.1) is 13.8 Å². The number of aromatic nitrogens is 2. The maximum Gasteiger partial charge on any atom is 0.132 e. The molecule has 0 aliphatic rings. The average Bonchev–Trinajstić information content (AvgIpc) is 2.38. The molecule has 0 aliphatic heterocycles. The highest BCUT2D eigenvalue weighted by Crippen LogP contribution is 2.16. The lowest BCUT2D eigenvalue weighted by molar-refractivity contribution is 0.804. The molecule has 0 unspecified atom stereocenters. The van der Waals surface area contributed by atoms with Gasteiger partial charge in [0.1, 0.15) is 12.1 Å². The Labute approximate surface area is 109 Å². The van der Waals surface area contributed by atoms with E-state index in [-0.39, 0.29) is 0 Å². The quantitative estimate of drug-likeness (QED) is 0.823. The Morgan fingerprint density at radius 3 is 2.56 bits per heavy atom. The molecular formula is C15H19N3. The minimum Gasteiger partial charge on any atom is -0.352 e. The molecular weight excluding hydrogens is 222 g/mol. The number of benzene rings is 1. The van der Waals surface area contributed by atoms with Crippen LogP contribution in [0.4, 0.5) is 5.82 Å². The van der Waals surface area contributed by atoms with E-state index in [2.05, 4.69) is 53.0 Å². The third kappa shape index (κ3) is 2.86. The van der Waals surface area contributed by atoms with Gasteiger partial charge in [-0.05, 0) is 31.9 Å². The number of aryl methyl sites for hydroxylation is 2. The Morgan fingerprint density at radius 1 is 1.11 bits per heavy atom. The van der Waals surface area contributed by atoms with E-state index in [0.717, 1.165) is 24.6 Å². The summed E-state index contributed by atoms with van der Waals surface area (Å²) in [4.78, 5) is 10.8. The third-order valence-corrected chi connectivity index (χ3v) is 3.12. The maximum absolute atomic E-state index is 4.35. The molecule has 1 aromatic heterocycles. The summed E-state index contributed by atoms with van der Waals surface area (Å²) in [6.07, 6.45) is 1.63. The summed E-state index contributed by atoms with van der Waals surface area (Å²) in [5.41, 5.74) is 3.67. The van der Waals surface area contributed by atoms with Crippen LogP contribution in [0.5, 0.6) is 0 Å². The van der Waals surface area contributed by atoms with Gasteiger partial charge in [-0.3, -0.25) is 0 Å². The van der Waals surface area contributed by atoms with Gasteiger partial charge < -0.3 is 4.90 Å². The minimum absolute atomic E-state index is 0.889. The van der Waals surface area contributed by atoms with Gasteiger partial charge in [-0.25, -0.2) is 9.97 Å². The van der Waals surface area contributed by atoms with Crippen molar-refractivity contribution in [2.45, 2.75) is 27.3 Å². The van der Waals surface area contributed by atoms with Crippen LogP contribution in [0.2, 0.25) is 0 Å². The summed E-state index contributed by atoms with van der Waals surface area (Å²) in [6, 6.07) is 10.5. The van der Waals surface area contributed by atoms with Crippen LogP contribution in [0.25, 0.3) is 0 Å². The normalized spacial score (nSPS) is 10.4. The highest BCUT2D eigenvalue weighted by molar-refractivity contribution is 5.40. The van der Waals surface area contributed by atoms with Gasteiger partial charge in [0.2, 0.25) is 0 Å². The first kappa shape index (κ1) is 12.6. The zero-order valence-electron chi connectivity index (χ0n) is 11.2. The van der Waals surface area contributed by atoms with Crippen molar-refractivity contribution >= 4 is 5.82 Å². The summed E-state index contributed by atoms with van der Waals surface area (Å²) in [7, 11) is 0. The van der Waals surface area contributed by atoms with Gasteiger partial charge in [0.25, 0.3) is 0 Å². The van der Waals surface area contributed by atoms with Crippen molar-refractivity contribution in [2.75, 3.05) is 11.4 Å². The molecule has 3 heteroatoms. The van der Waals surface area contributed by atoms with E-state index in [1.807, 2.05) is 13.0 Å². The minimum atomic E-state index is 0.889. The Morgan fingerprint density at radius 2 is 1.89 bits per heavy atom. The predicted molar refractivity (Wildman–Crippen MR) is 74.7 cm³/mol. The van der Waals surface area contributed by atoms with Crippen molar-refractivity contribution in [1.82, 2.24) is 9.97 Å². The number of nitrogens with zero attached hydrogens (tertiary/aromatic N) is 3. The fraction of sp³-hybridized carbons (Fsp3) is 0.333. The van der Waals surface area contributed by atoms with Crippen LogP contribution in [0.1, 0.15) is 23.7 Å². The van der Waals surface area contributed by atoms with Gasteiger partial charge >= 0.3 is 0 Å². The second-order valence-electron chi connectivity index (χ2n) is 4.46. The van der Waals surface area contributed by atoms with Crippen LogP contribution in [0.3, 0.4) is 0 Å². The first-order chi connectivity index (χ1) is 8.70. The second kappa shape index (κ2) is 5.63. The molecule has 0 spiro atoms. The molecule has 94 valence electrons. The van der Waals surface area contributed by atoms with Crippen LogP contribution in [-0.4, -0.2) is 16.5 Å². The molecule has 0 aliphatic carbocycles. The zero-order chi connectivity index (χ0) is 13.0. The van der Waals surface area contributed by atoms with E-state index < -0.39 is 0 Å². The summed E-state index contributed by atoms with van der Waals surface area (Å²) >= 11 is 0. The fourth-order valence-electron chi connectivity index (χ4n) is 1.96. The summed E-state index contributed by atoms with van der Waals surface area (Å²) in [5.74, 6) is 0.994. The molecule has 18 heavy (non-hydrogen) atoms. The second-order valence-corrected chi connectivity index (χ2v) is 4.46. The molecule has 0 saturated heterocycles. The fourth-order valence-corrected chi connectivity index (χ4v) is 1.96. The average molecular weight is 241 g/mol. The van der Waals surface area contributed by atoms with Crippen molar-refractivity contribution in [1.29, 1.82) is 0 Å². The van der Waals surface area contributed by atoms with Crippen molar-refractivity contribution in [2.24, 2.45) is 0 Å². The lowest BCUT2D eigenvalue weighted by atomic mass is 10.1. The SMILES string of the molecule is CCN(Cc1ccccc1C)c1cc(C)ncn1. The van der Waals surface area contributed by atoms with Gasteiger partial charge in [-0.1, -0.05) is 24.3 Å². The van der Waals surface area contributed by atoms with Crippen LogP contribution < -0.4 is 4.90 Å². The largest absolute Gasteiger partial charge is 0.352 e. The van der Waals surface area contributed by atoms with Crippen molar-refractivity contribution < 1.29 is 0 Å². The monoisotopic (exact) mass is 241 g/mol. The first-order valence-electron chi connectivity index (χ1n) is 6.29. The van der Waals surface area contributed by atoms with Crippen molar-refractivity contribution in [3.05, 3.63) is 53.5 Å². The molecule has 0 amide bonds. The maximum atomic E-state index is 4.35. The molecule has 1 aromatic carbocycles. The Kier molecular flexibility index (Phi) is 3.92. The molecule has 3 nitrogen and oxygen atoms in total. The topological polar surface area (TPSA) is 29.0 Å². The smallest absolute Gasteiger partial charge is 0.132 e.